The van der Waals surface area contributed by atoms with Gasteiger partial charge in [0.2, 0.25) is 0 Å². The van der Waals surface area contributed by atoms with E-state index in [9.17, 15) is 4.79 Å². The summed E-state index contributed by atoms with van der Waals surface area (Å²) >= 11 is 1.60. The highest BCUT2D eigenvalue weighted by molar-refractivity contribution is 7.17. The standard InChI is InChI=1S/C15H22N2OS/c1-10-14(11(2)18)19-15(16-10)17-9-5-7-12-6-3-4-8-13(12)17/h12-13H,3-9H2,1-2H3. The van der Waals surface area contributed by atoms with Crippen molar-refractivity contribution in [3.05, 3.63) is 10.6 Å². The molecule has 3 nitrogen and oxygen atoms in total. The third kappa shape index (κ3) is 2.42. The molecule has 0 aromatic carbocycles. The van der Waals surface area contributed by atoms with Crippen LogP contribution in [0.5, 0.6) is 0 Å². The highest BCUT2D eigenvalue weighted by Crippen LogP contribution is 2.39. The number of hydrogen-bond acceptors (Lipinski definition) is 4. The first-order valence-corrected chi connectivity index (χ1v) is 8.23. The summed E-state index contributed by atoms with van der Waals surface area (Å²) in [5.41, 5.74) is 0.908. The number of rotatable bonds is 2. The van der Waals surface area contributed by atoms with Crippen molar-refractivity contribution in [2.24, 2.45) is 5.92 Å². The van der Waals surface area contributed by atoms with Gasteiger partial charge in [0, 0.05) is 19.5 Å². The Morgan fingerprint density at radius 1 is 1.26 bits per heavy atom. The zero-order valence-electron chi connectivity index (χ0n) is 11.8. The zero-order chi connectivity index (χ0) is 13.4. The Morgan fingerprint density at radius 3 is 2.74 bits per heavy atom. The molecular weight excluding hydrogens is 256 g/mol. The fourth-order valence-corrected chi connectivity index (χ4v) is 4.74. The number of carbonyl (C=O) groups excluding carboxylic acids is 1. The van der Waals surface area contributed by atoms with Crippen molar-refractivity contribution < 1.29 is 4.79 Å². The second kappa shape index (κ2) is 5.23. The summed E-state index contributed by atoms with van der Waals surface area (Å²) in [6.07, 6.45) is 8.08. The summed E-state index contributed by atoms with van der Waals surface area (Å²) in [6, 6.07) is 0.674. The maximum atomic E-state index is 11.6. The van der Waals surface area contributed by atoms with Crippen LogP contribution in [0.25, 0.3) is 0 Å². The molecule has 0 amide bonds. The van der Waals surface area contributed by atoms with E-state index < -0.39 is 0 Å². The largest absolute Gasteiger partial charge is 0.345 e. The molecule has 104 valence electrons. The van der Waals surface area contributed by atoms with Crippen molar-refractivity contribution in [3.8, 4) is 0 Å². The summed E-state index contributed by atoms with van der Waals surface area (Å²) in [5, 5.41) is 1.08. The van der Waals surface area contributed by atoms with Crippen LogP contribution >= 0.6 is 11.3 Å². The van der Waals surface area contributed by atoms with E-state index in [0.717, 1.165) is 28.2 Å². The fourth-order valence-electron chi connectivity index (χ4n) is 3.69. The number of ketones is 1. The van der Waals surface area contributed by atoms with E-state index in [1.807, 2.05) is 6.92 Å². The average Bonchev–Trinajstić information content (AvgIpc) is 2.80. The molecular formula is C15H22N2OS. The summed E-state index contributed by atoms with van der Waals surface area (Å²) in [5.74, 6) is 1.01. The third-order valence-corrected chi connectivity index (χ3v) is 5.89. The second-order valence-corrected chi connectivity index (χ2v) is 6.89. The molecule has 0 spiro atoms. The van der Waals surface area contributed by atoms with Crippen molar-refractivity contribution in [1.29, 1.82) is 0 Å². The fraction of sp³-hybridized carbons (Fsp3) is 0.733. The molecule has 2 aliphatic rings. The van der Waals surface area contributed by atoms with Crippen LogP contribution in [0.3, 0.4) is 0 Å². The van der Waals surface area contributed by atoms with Gasteiger partial charge in [-0.1, -0.05) is 24.2 Å². The minimum absolute atomic E-state index is 0.151. The Labute approximate surface area is 119 Å². The van der Waals surface area contributed by atoms with E-state index in [1.54, 1.807) is 18.3 Å². The molecule has 2 fully saturated rings. The molecule has 3 rings (SSSR count). The lowest BCUT2D eigenvalue weighted by Gasteiger charge is -2.44. The number of Topliss-reactive ketones (excluding diaryl/α,β-unsaturated/α-hetero) is 1. The molecule has 1 aliphatic carbocycles. The number of hydrogen-bond donors (Lipinski definition) is 0. The molecule has 1 aliphatic heterocycles. The number of aromatic nitrogens is 1. The third-order valence-electron chi connectivity index (χ3n) is 4.59. The molecule has 1 aromatic rings. The predicted octanol–water partition coefficient (Wildman–Crippen LogP) is 3.81. The molecule has 1 saturated heterocycles. The molecule has 4 heteroatoms. The maximum absolute atomic E-state index is 11.6. The minimum Gasteiger partial charge on any atom is -0.345 e. The van der Waals surface area contributed by atoms with Gasteiger partial charge in [0.15, 0.2) is 10.9 Å². The first-order valence-electron chi connectivity index (χ1n) is 7.42. The summed E-state index contributed by atoms with van der Waals surface area (Å²) in [7, 11) is 0. The smallest absolute Gasteiger partial charge is 0.186 e. The number of piperidine rings is 1. The normalized spacial score (nSPS) is 27.2. The number of anilines is 1. The number of thiazole rings is 1. The molecule has 2 heterocycles. The van der Waals surface area contributed by atoms with Gasteiger partial charge < -0.3 is 4.90 Å². The highest BCUT2D eigenvalue weighted by atomic mass is 32.1. The van der Waals surface area contributed by atoms with Gasteiger partial charge in [-0.25, -0.2) is 4.98 Å². The maximum Gasteiger partial charge on any atom is 0.186 e. The second-order valence-electron chi connectivity index (χ2n) is 5.91. The Kier molecular flexibility index (Phi) is 3.61. The number of aryl methyl sites for hydroxylation is 1. The van der Waals surface area contributed by atoms with Crippen LogP contribution in [0.2, 0.25) is 0 Å². The van der Waals surface area contributed by atoms with Crippen molar-refractivity contribution in [3.63, 3.8) is 0 Å². The van der Waals surface area contributed by atoms with Crippen LogP contribution in [0.15, 0.2) is 0 Å². The Morgan fingerprint density at radius 2 is 2.00 bits per heavy atom. The van der Waals surface area contributed by atoms with Crippen molar-refractivity contribution in [2.75, 3.05) is 11.4 Å². The molecule has 2 unspecified atom stereocenters. The Bertz CT molecular complexity index is 480. The topological polar surface area (TPSA) is 33.2 Å². The number of carbonyl (C=O) groups is 1. The van der Waals surface area contributed by atoms with Crippen molar-refractivity contribution >= 4 is 22.3 Å². The summed E-state index contributed by atoms with van der Waals surface area (Å²) in [6.45, 7) is 4.72. The van der Waals surface area contributed by atoms with Gasteiger partial charge in [-0.3, -0.25) is 4.79 Å². The van der Waals surface area contributed by atoms with Gasteiger partial charge in [0.05, 0.1) is 10.6 Å². The van der Waals surface area contributed by atoms with Crippen LogP contribution < -0.4 is 4.90 Å². The number of nitrogens with zero attached hydrogens (tertiary/aromatic N) is 2. The molecule has 1 aromatic heterocycles. The average molecular weight is 278 g/mol. The quantitative estimate of drug-likeness (QED) is 0.771. The lowest BCUT2D eigenvalue weighted by atomic mass is 9.78. The summed E-state index contributed by atoms with van der Waals surface area (Å²) in [4.78, 5) is 19.6. The Balaban J connectivity index is 1.87. The predicted molar refractivity (Wildman–Crippen MR) is 79.2 cm³/mol. The van der Waals surface area contributed by atoms with Gasteiger partial charge in [-0.15, -0.1) is 0 Å². The zero-order valence-corrected chi connectivity index (χ0v) is 12.6. The van der Waals surface area contributed by atoms with Crippen LogP contribution in [0.1, 0.15) is 60.8 Å². The first-order chi connectivity index (χ1) is 9.16. The minimum atomic E-state index is 0.151. The van der Waals surface area contributed by atoms with E-state index in [2.05, 4.69) is 9.88 Å². The Hall–Kier alpha value is -0.900. The van der Waals surface area contributed by atoms with E-state index in [0.29, 0.717) is 6.04 Å². The van der Waals surface area contributed by atoms with Crippen LogP contribution in [0, 0.1) is 12.8 Å². The molecule has 0 bridgehead atoms. The molecule has 0 N–H and O–H groups in total. The van der Waals surface area contributed by atoms with Gasteiger partial charge in [0.25, 0.3) is 0 Å². The van der Waals surface area contributed by atoms with E-state index in [-0.39, 0.29) is 5.78 Å². The van der Waals surface area contributed by atoms with Crippen LogP contribution in [-0.4, -0.2) is 23.4 Å². The van der Waals surface area contributed by atoms with Gasteiger partial charge in [-0.2, -0.15) is 0 Å². The van der Waals surface area contributed by atoms with E-state index in [4.69, 9.17) is 0 Å². The SMILES string of the molecule is CC(=O)c1sc(N2CCCC3CCCCC32)nc1C. The van der Waals surface area contributed by atoms with Gasteiger partial charge in [0.1, 0.15) is 0 Å². The lowest BCUT2D eigenvalue weighted by molar-refractivity contribution is 0.102. The van der Waals surface area contributed by atoms with Crippen molar-refractivity contribution in [1.82, 2.24) is 4.98 Å². The van der Waals surface area contributed by atoms with Crippen LogP contribution in [0.4, 0.5) is 5.13 Å². The first kappa shape index (κ1) is 13.1. The molecule has 0 radical (unpaired) electrons. The van der Waals surface area contributed by atoms with Gasteiger partial charge in [-0.05, 0) is 38.5 Å². The van der Waals surface area contributed by atoms with Crippen molar-refractivity contribution in [2.45, 2.75) is 58.4 Å². The van der Waals surface area contributed by atoms with Gasteiger partial charge >= 0.3 is 0 Å². The summed E-state index contributed by atoms with van der Waals surface area (Å²) < 4.78 is 0. The molecule has 19 heavy (non-hydrogen) atoms. The monoisotopic (exact) mass is 278 g/mol. The molecule has 1 saturated carbocycles. The lowest BCUT2D eigenvalue weighted by Crippen LogP contribution is -2.46. The number of fused-ring (bicyclic) bond motifs is 1. The van der Waals surface area contributed by atoms with E-state index in [1.165, 1.54) is 38.5 Å². The highest BCUT2D eigenvalue weighted by Gasteiger charge is 2.34. The molecule has 2 atom stereocenters. The van der Waals surface area contributed by atoms with Crippen LogP contribution in [-0.2, 0) is 0 Å². The van der Waals surface area contributed by atoms with E-state index >= 15 is 0 Å².